The fourth-order valence-corrected chi connectivity index (χ4v) is 2.81. The molecule has 0 unspecified atom stereocenters. The van der Waals surface area contributed by atoms with Crippen molar-refractivity contribution in [3.05, 3.63) is 38.9 Å². The molecule has 0 N–H and O–H groups in total. The van der Waals surface area contributed by atoms with Crippen LogP contribution in [0.25, 0.3) is 0 Å². The van der Waals surface area contributed by atoms with E-state index in [0.717, 1.165) is 31.5 Å². The molecular formula is C14H20ClN3O2. The van der Waals surface area contributed by atoms with E-state index in [1.54, 1.807) is 12.1 Å². The maximum Gasteiger partial charge on any atom is 0.269 e. The van der Waals surface area contributed by atoms with Gasteiger partial charge in [-0.3, -0.25) is 15.0 Å². The van der Waals surface area contributed by atoms with Crippen LogP contribution in [0.15, 0.2) is 18.2 Å². The smallest absolute Gasteiger partial charge is 0.269 e. The molecule has 2 rings (SSSR count). The van der Waals surface area contributed by atoms with Crippen molar-refractivity contribution >= 4 is 17.3 Å². The van der Waals surface area contributed by atoms with Gasteiger partial charge in [0.2, 0.25) is 0 Å². The molecule has 1 aliphatic heterocycles. The Labute approximate surface area is 124 Å². The fourth-order valence-electron chi connectivity index (χ4n) is 2.63. The van der Waals surface area contributed by atoms with Crippen LogP contribution in [-0.2, 0) is 6.54 Å². The zero-order chi connectivity index (χ0) is 14.7. The summed E-state index contributed by atoms with van der Waals surface area (Å²) in [6.45, 7) is 2.84. The summed E-state index contributed by atoms with van der Waals surface area (Å²) < 4.78 is 0. The molecule has 1 saturated heterocycles. The average Bonchev–Trinajstić information content (AvgIpc) is 2.41. The van der Waals surface area contributed by atoms with Gasteiger partial charge in [0.25, 0.3) is 5.69 Å². The van der Waals surface area contributed by atoms with Gasteiger partial charge < -0.3 is 4.90 Å². The summed E-state index contributed by atoms with van der Waals surface area (Å²) in [7, 11) is 4.19. The molecule has 0 radical (unpaired) electrons. The molecule has 0 aliphatic carbocycles. The molecule has 1 aliphatic rings. The minimum atomic E-state index is -0.380. The monoisotopic (exact) mass is 297 g/mol. The van der Waals surface area contributed by atoms with Crippen molar-refractivity contribution in [2.75, 3.05) is 27.2 Å². The molecule has 1 aromatic carbocycles. The van der Waals surface area contributed by atoms with E-state index in [1.165, 1.54) is 6.07 Å². The van der Waals surface area contributed by atoms with E-state index >= 15 is 0 Å². The molecule has 5 nitrogen and oxygen atoms in total. The van der Waals surface area contributed by atoms with E-state index in [-0.39, 0.29) is 10.6 Å². The number of benzene rings is 1. The molecule has 0 saturated carbocycles. The zero-order valence-electron chi connectivity index (χ0n) is 11.9. The molecule has 6 heteroatoms. The minimum absolute atomic E-state index is 0.0983. The van der Waals surface area contributed by atoms with Crippen molar-refractivity contribution in [3.8, 4) is 0 Å². The Morgan fingerprint density at radius 1 is 1.45 bits per heavy atom. The van der Waals surface area contributed by atoms with E-state index < -0.39 is 0 Å². The number of likely N-dealkylation sites (tertiary alicyclic amines) is 1. The van der Waals surface area contributed by atoms with Gasteiger partial charge in [-0.2, -0.15) is 0 Å². The van der Waals surface area contributed by atoms with Crippen molar-refractivity contribution < 1.29 is 4.92 Å². The van der Waals surface area contributed by atoms with Crippen LogP contribution in [0, 0.1) is 10.1 Å². The predicted octanol–water partition coefficient (Wildman–Crippen LogP) is 2.77. The number of non-ortho nitro benzene ring substituents is 1. The van der Waals surface area contributed by atoms with Crippen LogP contribution in [0.5, 0.6) is 0 Å². The Balaban J connectivity index is 2.05. The van der Waals surface area contributed by atoms with Gasteiger partial charge in [0.05, 0.1) is 4.92 Å². The summed E-state index contributed by atoms with van der Waals surface area (Å²) in [6.07, 6.45) is 2.25. The molecule has 1 fully saturated rings. The van der Waals surface area contributed by atoms with Crippen molar-refractivity contribution in [1.82, 2.24) is 9.80 Å². The van der Waals surface area contributed by atoms with Gasteiger partial charge in [-0.05, 0) is 51.7 Å². The third-order valence-electron chi connectivity index (χ3n) is 3.97. The van der Waals surface area contributed by atoms with Gasteiger partial charge in [-0.25, -0.2) is 0 Å². The second kappa shape index (κ2) is 6.52. The first-order chi connectivity index (χ1) is 9.47. The lowest BCUT2D eigenvalue weighted by atomic mass is 10.0. The molecule has 0 aromatic heterocycles. The number of nitro benzene ring substituents is 1. The quantitative estimate of drug-likeness (QED) is 0.633. The van der Waals surface area contributed by atoms with E-state index in [9.17, 15) is 10.1 Å². The van der Waals surface area contributed by atoms with Crippen molar-refractivity contribution in [1.29, 1.82) is 0 Å². The number of halogens is 1. The normalized spacial score (nSPS) is 17.6. The summed E-state index contributed by atoms with van der Waals surface area (Å²) in [5.41, 5.74) is 0.920. The first kappa shape index (κ1) is 15.2. The Bertz CT molecular complexity index is 487. The number of nitrogens with zero attached hydrogens (tertiary/aromatic N) is 3. The molecule has 110 valence electrons. The third-order valence-corrected chi connectivity index (χ3v) is 4.34. The van der Waals surface area contributed by atoms with Crippen molar-refractivity contribution in [2.24, 2.45) is 0 Å². The average molecular weight is 298 g/mol. The Hall–Kier alpha value is -1.17. The summed E-state index contributed by atoms with van der Waals surface area (Å²) >= 11 is 6.15. The summed E-state index contributed by atoms with van der Waals surface area (Å²) in [6, 6.07) is 5.15. The Morgan fingerprint density at radius 3 is 2.70 bits per heavy atom. The lowest BCUT2D eigenvalue weighted by molar-refractivity contribution is -0.384. The summed E-state index contributed by atoms with van der Waals surface area (Å²) in [5.74, 6) is 0. The van der Waals surface area contributed by atoms with Gasteiger partial charge in [0, 0.05) is 29.7 Å². The molecule has 1 heterocycles. The molecular weight excluding hydrogens is 278 g/mol. The first-order valence-electron chi connectivity index (χ1n) is 6.79. The SMILES string of the molecule is CN1CCC(N(C)Cc2cc([N+](=O)[O-])ccc2Cl)CC1. The second-order valence-electron chi connectivity index (χ2n) is 5.48. The summed E-state index contributed by atoms with van der Waals surface area (Å²) in [4.78, 5) is 15.0. The summed E-state index contributed by atoms with van der Waals surface area (Å²) in [5, 5.41) is 11.4. The van der Waals surface area contributed by atoms with Crippen LogP contribution >= 0.6 is 11.6 Å². The van der Waals surface area contributed by atoms with Crippen LogP contribution in [0.2, 0.25) is 5.02 Å². The highest BCUT2D eigenvalue weighted by Gasteiger charge is 2.21. The van der Waals surface area contributed by atoms with Crippen molar-refractivity contribution in [3.63, 3.8) is 0 Å². The van der Waals surface area contributed by atoms with E-state index in [2.05, 4.69) is 23.9 Å². The molecule has 0 spiro atoms. The zero-order valence-corrected chi connectivity index (χ0v) is 12.6. The number of hydrogen-bond acceptors (Lipinski definition) is 4. The fraction of sp³-hybridized carbons (Fsp3) is 0.571. The Kier molecular flexibility index (Phi) is 4.96. The lowest BCUT2D eigenvalue weighted by Crippen LogP contribution is -2.41. The van der Waals surface area contributed by atoms with Crippen LogP contribution in [0.4, 0.5) is 5.69 Å². The van der Waals surface area contributed by atoms with Crippen LogP contribution in [0.3, 0.4) is 0 Å². The van der Waals surface area contributed by atoms with Crippen LogP contribution in [0.1, 0.15) is 18.4 Å². The second-order valence-corrected chi connectivity index (χ2v) is 5.89. The van der Waals surface area contributed by atoms with Crippen LogP contribution < -0.4 is 0 Å². The number of nitro groups is 1. The largest absolute Gasteiger partial charge is 0.306 e. The molecule has 0 bridgehead atoms. The van der Waals surface area contributed by atoms with Crippen molar-refractivity contribution in [2.45, 2.75) is 25.4 Å². The maximum absolute atomic E-state index is 10.8. The molecule has 1 aromatic rings. The van der Waals surface area contributed by atoms with E-state index in [1.807, 2.05) is 0 Å². The Morgan fingerprint density at radius 2 is 2.10 bits per heavy atom. The first-order valence-corrected chi connectivity index (χ1v) is 7.17. The molecule has 0 amide bonds. The van der Waals surface area contributed by atoms with Gasteiger partial charge in [0.1, 0.15) is 0 Å². The number of hydrogen-bond donors (Lipinski definition) is 0. The molecule has 0 atom stereocenters. The van der Waals surface area contributed by atoms with Gasteiger partial charge >= 0.3 is 0 Å². The van der Waals surface area contributed by atoms with E-state index in [4.69, 9.17) is 11.6 Å². The number of piperidine rings is 1. The highest BCUT2D eigenvalue weighted by Crippen LogP contribution is 2.25. The third kappa shape index (κ3) is 3.69. The molecule has 20 heavy (non-hydrogen) atoms. The number of rotatable bonds is 4. The van der Waals surface area contributed by atoms with Gasteiger partial charge in [0.15, 0.2) is 0 Å². The van der Waals surface area contributed by atoms with Gasteiger partial charge in [-0.1, -0.05) is 11.6 Å². The predicted molar refractivity (Wildman–Crippen MR) is 80.1 cm³/mol. The highest BCUT2D eigenvalue weighted by molar-refractivity contribution is 6.31. The van der Waals surface area contributed by atoms with Gasteiger partial charge in [-0.15, -0.1) is 0 Å². The van der Waals surface area contributed by atoms with E-state index in [0.29, 0.717) is 17.6 Å². The van der Waals surface area contributed by atoms with Crippen LogP contribution in [-0.4, -0.2) is 47.9 Å². The topological polar surface area (TPSA) is 49.6 Å². The standard InChI is InChI=1S/C14H20ClN3O2/c1-16-7-5-12(6-8-16)17(2)10-11-9-13(18(19)20)3-4-14(11)15/h3-4,9,12H,5-8,10H2,1-2H3. The maximum atomic E-state index is 10.8. The lowest BCUT2D eigenvalue weighted by Gasteiger charge is -2.35. The minimum Gasteiger partial charge on any atom is -0.306 e. The highest BCUT2D eigenvalue weighted by atomic mass is 35.5.